The van der Waals surface area contributed by atoms with Crippen LogP contribution in [-0.4, -0.2) is 54.1 Å². The van der Waals surface area contributed by atoms with Crippen molar-refractivity contribution in [2.24, 2.45) is 0 Å². The molecule has 2 aliphatic heterocycles. The zero-order chi connectivity index (χ0) is 19.1. The van der Waals surface area contributed by atoms with E-state index in [0.29, 0.717) is 6.61 Å². The summed E-state index contributed by atoms with van der Waals surface area (Å²) in [5.41, 5.74) is 0.874. The van der Waals surface area contributed by atoms with Crippen LogP contribution in [0.15, 0.2) is 30.3 Å². The van der Waals surface area contributed by atoms with E-state index in [-0.39, 0.29) is 6.61 Å². The van der Waals surface area contributed by atoms with Gasteiger partial charge in [-0.05, 0) is 6.42 Å². The third-order valence-corrected chi connectivity index (χ3v) is 5.19. The van der Waals surface area contributed by atoms with E-state index in [2.05, 4.69) is 6.92 Å². The Hall–Kier alpha value is -1.02. The highest BCUT2D eigenvalue weighted by Crippen LogP contribution is 2.34. The summed E-state index contributed by atoms with van der Waals surface area (Å²) in [6.45, 7) is 2.99. The molecule has 2 aliphatic rings. The lowest BCUT2D eigenvalue weighted by atomic mass is 9.98. The number of hydrogen-bond donors (Lipinski definition) is 2. The molecule has 0 radical (unpaired) electrons. The molecule has 1 aromatic rings. The number of aliphatic hydroxyl groups excluding tert-OH is 2. The minimum absolute atomic E-state index is 0.283. The van der Waals surface area contributed by atoms with Crippen molar-refractivity contribution in [3.8, 4) is 0 Å². The Kier molecular flexibility index (Phi) is 8.06. The smallest absolute Gasteiger partial charge is 0.186 e. The van der Waals surface area contributed by atoms with Gasteiger partial charge in [0.2, 0.25) is 0 Å². The summed E-state index contributed by atoms with van der Waals surface area (Å²) < 4.78 is 23.1. The van der Waals surface area contributed by atoms with Crippen LogP contribution >= 0.6 is 0 Å². The van der Waals surface area contributed by atoms with Gasteiger partial charge < -0.3 is 29.2 Å². The van der Waals surface area contributed by atoms with E-state index >= 15 is 0 Å². The van der Waals surface area contributed by atoms with Gasteiger partial charge in [-0.1, -0.05) is 69.4 Å². The monoisotopic (exact) mass is 380 g/mol. The molecule has 27 heavy (non-hydrogen) atoms. The van der Waals surface area contributed by atoms with Crippen LogP contribution in [0.25, 0.3) is 0 Å². The molecule has 3 rings (SSSR count). The number of ether oxygens (including phenoxy) is 4. The van der Waals surface area contributed by atoms with Crippen molar-refractivity contribution in [2.45, 2.75) is 82.4 Å². The number of benzene rings is 1. The Balaban J connectivity index is 1.46. The van der Waals surface area contributed by atoms with E-state index in [0.717, 1.165) is 18.4 Å². The first-order valence-corrected chi connectivity index (χ1v) is 10.2. The SMILES string of the molecule is CCCCCCCCO[C@H]1O[C@@H]2COC(c3ccccc3)O[C@H]2[C@H](O)[C@H]1O. The molecule has 1 unspecified atom stereocenters. The first-order chi connectivity index (χ1) is 13.2. The summed E-state index contributed by atoms with van der Waals surface area (Å²) in [5.74, 6) is 0. The summed E-state index contributed by atoms with van der Waals surface area (Å²) in [6, 6.07) is 9.54. The van der Waals surface area contributed by atoms with Crippen LogP contribution in [0.4, 0.5) is 0 Å². The number of hydrogen-bond acceptors (Lipinski definition) is 6. The highest BCUT2D eigenvalue weighted by molar-refractivity contribution is 5.16. The lowest BCUT2D eigenvalue weighted by Crippen LogP contribution is -2.62. The number of fused-ring (bicyclic) bond motifs is 1. The molecule has 2 heterocycles. The van der Waals surface area contributed by atoms with Gasteiger partial charge in [-0.25, -0.2) is 0 Å². The summed E-state index contributed by atoms with van der Waals surface area (Å²) in [7, 11) is 0. The van der Waals surface area contributed by atoms with Gasteiger partial charge in [-0.15, -0.1) is 0 Å². The van der Waals surface area contributed by atoms with E-state index in [1.54, 1.807) is 0 Å². The van der Waals surface area contributed by atoms with Crippen LogP contribution in [0, 0.1) is 0 Å². The maximum Gasteiger partial charge on any atom is 0.186 e. The summed E-state index contributed by atoms with van der Waals surface area (Å²) in [5, 5.41) is 20.9. The van der Waals surface area contributed by atoms with Gasteiger partial charge in [0, 0.05) is 12.2 Å². The molecule has 6 atom stereocenters. The number of aliphatic hydroxyl groups is 2. The number of unbranched alkanes of at least 4 members (excludes halogenated alkanes) is 5. The molecule has 2 N–H and O–H groups in total. The predicted octanol–water partition coefficient (Wildman–Crippen LogP) is 2.92. The van der Waals surface area contributed by atoms with Crippen LogP contribution in [-0.2, 0) is 18.9 Å². The molecule has 2 saturated heterocycles. The van der Waals surface area contributed by atoms with Crippen molar-refractivity contribution in [3.63, 3.8) is 0 Å². The molecule has 0 saturated carbocycles. The average Bonchev–Trinajstić information content (AvgIpc) is 2.71. The predicted molar refractivity (Wildman–Crippen MR) is 100 cm³/mol. The van der Waals surface area contributed by atoms with Gasteiger partial charge in [0.15, 0.2) is 12.6 Å². The van der Waals surface area contributed by atoms with Crippen LogP contribution in [0.2, 0.25) is 0 Å². The van der Waals surface area contributed by atoms with E-state index in [1.807, 2.05) is 30.3 Å². The zero-order valence-electron chi connectivity index (χ0n) is 16.0. The summed E-state index contributed by atoms with van der Waals surface area (Å²) in [4.78, 5) is 0. The second-order valence-corrected chi connectivity index (χ2v) is 7.34. The summed E-state index contributed by atoms with van der Waals surface area (Å²) in [6.07, 6.45) is 2.22. The van der Waals surface area contributed by atoms with Crippen molar-refractivity contribution in [1.29, 1.82) is 0 Å². The second-order valence-electron chi connectivity index (χ2n) is 7.34. The first-order valence-electron chi connectivity index (χ1n) is 10.2. The van der Waals surface area contributed by atoms with Gasteiger partial charge in [0.1, 0.15) is 24.4 Å². The lowest BCUT2D eigenvalue weighted by Gasteiger charge is -2.46. The topological polar surface area (TPSA) is 77.4 Å². The maximum atomic E-state index is 10.5. The van der Waals surface area contributed by atoms with E-state index in [4.69, 9.17) is 18.9 Å². The van der Waals surface area contributed by atoms with Gasteiger partial charge >= 0.3 is 0 Å². The fraction of sp³-hybridized carbons (Fsp3) is 0.714. The zero-order valence-corrected chi connectivity index (χ0v) is 16.0. The summed E-state index contributed by atoms with van der Waals surface area (Å²) >= 11 is 0. The minimum Gasteiger partial charge on any atom is -0.387 e. The highest BCUT2D eigenvalue weighted by Gasteiger charge is 2.49. The fourth-order valence-electron chi connectivity index (χ4n) is 3.58. The molecular weight excluding hydrogens is 348 g/mol. The molecule has 0 bridgehead atoms. The Morgan fingerprint density at radius 3 is 2.48 bits per heavy atom. The molecule has 0 aliphatic carbocycles. The molecule has 0 aromatic heterocycles. The molecule has 6 heteroatoms. The van der Waals surface area contributed by atoms with Gasteiger partial charge in [0.05, 0.1) is 6.61 Å². The molecular formula is C21H32O6. The highest BCUT2D eigenvalue weighted by atomic mass is 16.8. The van der Waals surface area contributed by atoms with E-state index < -0.39 is 37.0 Å². The first kappa shape index (κ1) is 20.7. The van der Waals surface area contributed by atoms with Crippen molar-refractivity contribution in [1.82, 2.24) is 0 Å². The molecule has 1 aromatic carbocycles. The quantitative estimate of drug-likeness (QED) is 0.642. The van der Waals surface area contributed by atoms with E-state index in [9.17, 15) is 10.2 Å². The van der Waals surface area contributed by atoms with Crippen molar-refractivity contribution < 1.29 is 29.2 Å². The third-order valence-electron chi connectivity index (χ3n) is 5.19. The molecule has 2 fully saturated rings. The minimum atomic E-state index is -1.14. The second kappa shape index (κ2) is 10.5. The van der Waals surface area contributed by atoms with Crippen molar-refractivity contribution in [3.05, 3.63) is 35.9 Å². The Bertz CT molecular complexity index is 537. The average molecular weight is 380 g/mol. The van der Waals surface area contributed by atoms with Crippen LogP contribution in [0.3, 0.4) is 0 Å². The van der Waals surface area contributed by atoms with Gasteiger partial charge in [-0.3, -0.25) is 0 Å². The normalized spacial score (nSPS) is 33.6. The largest absolute Gasteiger partial charge is 0.387 e. The Morgan fingerprint density at radius 2 is 1.70 bits per heavy atom. The van der Waals surface area contributed by atoms with Gasteiger partial charge in [0.25, 0.3) is 0 Å². The van der Waals surface area contributed by atoms with Crippen molar-refractivity contribution >= 4 is 0 Å². The lowest BCUT2D eigenvalue weighted by molar-refractivity contribution is -0.361. The molecule has 0 amide bonds. The Morgan fingerprint density at radius 1 is 0.963 bits per heavy atom. The molecule has 6 nitrogen and oxygen atoms in total. The fourth-order valence-corrected chi connectivity index (χ4v) is 3.58. The van der Waals surface area contributed by atoms with Crippen molar-refractivity contribution in [2.75, 3.05) is 13.2 Å². The van der Waals surface area contributed by atoms with Crippen LogP contribution < -0.4 is 0 Å². The standard InChI is InChI=1S/C21H32O6/c1-2-3-4-5-6-10-13-24-21-18(23)17(22)19-16(26-21)14-25-20(27-19)15-11-8-7-9-12-15/h7-9,11-12,16-23H,2-6,10,13-14H2,1H3/t16-,17-,18-,19-,20?,21+/m1/s1. The third kappa shape index (κ3) is 5.50. The van der Waals surface area contributed by atoms with E-state index in [1.165, 1.54) is 25.7 Å². The van der Waals surface area contributed by atoms with Gasteiger partial charge in [-0.2, -0.15) is 0 Å². The van der Waals surface area contributed by atoms with Crippen LogP contribution in [0.5, 0.6) is 0 Å². The van der Waals surface area contributed by atoms with Crippen LogP contribution in [0.1, 0.15) is 57.3 Å². The maximum absolute atomic E-state index is 10.5. The number of rotatable bonds is 9. The molecule has 0 spiro atoms. The molecule has 152 valence electrons. The Labute approximate surface area is 161 Å².